The number of hydrogen-bond donors (Lipinski definition) is 0. The van der Waals surface area contributed by atoms with Crippen LogP contribution in [0.4, 0.5) is 65.9 Å². The van der Waals surface area contributed by atoms with Crippen LogP contribution in [0.3, 0.4) is 0 Å². The second-order valence-electron chi connectivity index (χ2n) is 13.5. The van der Waals surface area contributed by atoms with Crippen molar-refractivity contribution in [2.75, 3.05) is 13.2 Å². The first-order valence-electron chi connectivity index (χ1n) is 17.9. The van der Waals surface area contributed by atoms with E-state index in [4.69, 9.17) is 9.47 Å². The SMILES string of the molecule is Cc1c(F)cc(OC(F)(F)c2c(F)cc(OCCCCCC(C)CCCCCOc3cc(F)c(C(F)(F)Oc4cc(F)c(C(F)(F)F)c(F)c4)c(F)c3)cc2F)cc1F. The number of rotatable bonds is 20. The second-order valence-corrected chi connectivity index (χ2v) is 13.5. The number of halogens is 15. The first-order valence-corrected chi connectivity index (χ1v) is 17.9. The second kappa shape index (κ2) is 19.4. The third kappa shape index (κ3) is 12.5. The lowest BCUT2D eigenvalue weighted by Crippen LogP contribution is -2.25. The summed E-state index contributed by atoms with van der Waals surface area (Å²) in [4.78, 5) is 0. The van der Waals surface area contributed by atoms with Crippen LogP contribution >= 0.6 is 0 Å². The molecule has 4 nitrogen and oxygen atoms in total. The lowest BCUT2D eigenvalue weighted by Gasteiger charge is -2.20. The minimum absolute atomic E-state index is 0.0132. The molecule has 0 amide bonds. The Morgan fingerprint density at radius 1 is 0.424 bits per heavy atom. The van der Waals surface area contributed by atoms with Gasteiger partial charge < -0.3 is 18.9 Å². The fourth-order valence-corrected chi connectivity index (χ4v) is 5.85. The molecule has 1 atom stereocenters. The molecule has 0 heterocycles. The Bertz CT molecular complexity index is 1980. The molecule has 4 rings (SSSR count). The van der Waals surface area contributed by atoms with Crippen molar-refractivity contribution in [3.05, 3.63) is 117 Å². The number of alkyl halides is 7. The number of benzene rings is 4. The summed E-state index contributed by atoms with van der Waals surface area (Å²) in [6, 6.07) is 2.43. The largest absolute Gasteiger partial charge is 0.493 e. The molecule has 324 valence electrons. The molecule has 4 aromatic carbocycles. The first-order chi connectivity index (χ1) is 27.5. The Morgan fingerprint density at radius 2 is 0.729 bits per heavy atom. The summed E-state index contributed by atoms with van der Waals surface area (Å²) in [5, 5.41) is 0. The van der Waals surface area contributed by atoms with Crippen LogP contribution in [0.15, 0.2) is 48.5 Å². The summed E-state index contributed by atoms with van der Waals surface area (Å²) in [5.74, 6) is -17.0. The number of ether oxygens (including phenoxy) is 4. The van der Waals surface area contributed by atoms with Gasteiger partial charge in [-0.15, -0.1) is 0 Å². The summed E-state index contributed by atoms with van der Waals surface area (Å²) in [6.07, 6.45) is -9.75. The molecule has 19 heteroatoms. The summed E-state index contributed by atoms with van der Waals surface area (Å²) in [7, 11) is 0. The van der Waals surface area contributed by atoms with Gasteiger partial charge in [0, 0.05) is 54.1 Å². The average Bonchev–Trinajstić information content (AvgIpc) is 3.08. The molecule has 0 spiro atoms. The van der Waals surface area contributed by atoms with E-state index in [9.17, 15) is 65.9 Å². The molecular formula is C40H35F15O4. The molecule has 1 unspecified atom stereocenters. The van der Waals surface area contributed by atoms with Crippen molar-refractivity contribution in [3.63, 3.8) is 0 Å². The third-order valence-electron chi connectivity index (χ3n) is 8.88. The summed E-state index contributed by atoms with van der Waals surface area (Å²) in [6.45, 7) is 3.03. The minimum atomic E-state index is -5.49. The van der Waals surface area contributed by atoms with Crippen LogP contribution in [0.5, 0.6) is 23.0 Å². The van der Waals surface area contributed by atoms with Crippen molar-refractivity contribution in [1.29, 1.82) is 0 Å². The van der Waals surface area contributed by atoms with E-state index in [0.717, 1.165) is 32.6 Å². The van der Waals surface area contributed by atoms with Gasteiger partial charge in [-0.3, -0.25) is 0 Å². The smallest absolute Gasteiger partial charge is 0.432 e. The Labute approximate surface area is 327 Å². The van der Waals surface area contributed by atoms with E-state index in [-0.39, 0.29) is 37.0 Å². The third-order valence-corrected chi connectivity index (χ3v) is 8.88. The topological polar surface area (TPSA) is 36.9 Å². The highest BCUT2D eigenvalue weighted by atomic mass is 19.4. The highest BCUT2D eigenvalue weighted by Gasteiger charge is 2.44. The molecule has 0 aliphatic rings. The van der Waals surface area contributed by atoms with Gasteiger partial charge in [-0.25, -0.2) is 35.1 Å². The zero-order chi connectivity index (χ0) is 43.9. The fraction of sp³-hybridized carbons (Fsp3) is 0.400. The number of unbranched alkanes of at least 4 members (excludes halogenated alkanes) is 4. The van der Waals surface area contributed by atoms with Gasteiger partial charge in [0.1, 0.15) is 86.2 Å². The minimum Gasteiger partial charge on any atom is -0.493 e. The van der Waals surface area contributed by atoms with Gasteiger partial charge in [-0.1, -0.05) is 45.4 Å². The van der Waals surface area contributed by atoms with E-state index >= 15 is 0 Å². The van der Waals surface area contributed by atoms with Crippen LogP contribution in [-0.4, -0.2) is 13.2 Å². The summed E-state index contributed by atoms with van der Waals surface area (Å²) >= 11 is 0. The summed E-state index contributed by atoms with van der Waals surface area (Å²) in [5.41, 5.74) is -6.57. The molecule has 0 N–H and O–H groups in total. The first kappa shape index (κ1) is 46.7. The predicted octanol–water partition coefficient (Wildman–Crippen LogP) is 13.6. The number of hydrogen-bond acceptors (Lipinski definition) is 4. The monoisotopic (exact) mass is 864 g/mol. The molecule has 0 aliphatic carbocycles. The zero-order valence-electron chi connectivity index (χ0n) is 31.1. The van der Waals surface area contributed by atoms with Gasteiger partial charge in [-0.2, -0.15) is 30.7 Å². The molecule has 59 heavy (non-hydrogen) atoms. The van der Waals surface area contributed by atoms with E-state index in [1.807, 2.05) is 6.92 Å². The van der Waals surface area contributed by atoms with Crippen molar-refractivity contribution in [2.24, 2.45) is 5.92 Å². The molecule has 0 aliphatic heterocycles. The quantitative estimate of drug-likeness (QED) is 0.0655. The normalized spacial score (nSPS) is 12.8. The molecule has 0 saturated carbocycles. The molecule has 0 aromatic heterocycles. The molecule has 0 fully saturated rings. The van der Waals surface area contributed by atoms with Gasteiger partial charge in [0.15, 0.2) is 0 Å². The van der Waals surface area contributed by atoms with Gasteiger partial charge in [0.2, 0.25) is 0 Å². The Kier molecular flexibility index (Phi) is 15.4. The van der Waals surface area contributed by atoms with Crippen LogP contribution in [0, 0.1) is 59.4 Å². The lowest BCUT2D eigenvalue weighted by atomic mass is 9.97. The molecule has 0 bridgehead atoms. The Balaban J connectivity index is 1.13. The highest BCUT2D eigenvalue weighted by Crippen LogP contribution is 2.41. The predicted molar refractivity (Wildman–Crippen MR) is 181 cm³/mol. The van der Waals surface area contributed by atoms with Crippen LogP contribution in [0.2, 0.25) is 0 Å². The van der Waals surface area contributed by atoms with Crippen molar-refractivity contribution in [2.45, 2.75) is 83.6 Å². The average molecular weight is 865 g/mol. The maximum atomic E-state index is 14.6. The Hall–Kier alpha value is -4.97. The summed E-state index contributed by atoms with van der Waals surface area (Å²) < 4.78 is 229. The van der Waals surface area contributed by atoms with Gasteiger partial charge in [0.25, 0.3) is 0 Å². The lowest BCUT2D eigenvalue weighted by molar-refractivity contribution is -0.190. The van der Waals surface area contributed by atoms with Gasteiger partial charge >= 0.3 is 18.4 Å². The van der Waals surface area contributed by atoms with E-state index < -0.39 is 104 Å². The van der Waals surface area contributed by atoms with Crippen molar-refractivity contribution >= 4 is 0 Å². The van der Waals surface area contributed by atoms with E-state index in [2.05, 4.69) is 9.47 Å². The van der Waals surface area contributed by atoms with Crippen molar-refractivity contribution in [3.8, 4) is 23.0 Å². The molecule has 0 radical (unpaired) electrons. The van der Waals surface area contributed by atoms with E-state index in [0.29, 0.717) is 62.1 Å². The standard InChI is InChI=1S/C40H35F15O4/c1-21(9-5-3-7-11-56-23-13-31(45)36(32(46)14-23)39(52,53)58-25-17-27(41)22(2)28(42)18-25)10-6-4-8-12-57-24-15-33(47)37(34(48)16-24)40(54,55)59-26-19-29(43)35(30(44)20-26)38(49,50)51/h13-21H,3-12H2,1-2H3. The van der Waals surface area contributed by atoms with Crippen LogP contribution in [0.1, 0.15) is 80.5 Å². The van der Waals surface area contributed by atoms with Crippen LogP contribution in [0.25, 0.3) is 0 Å². The maximum absolute atomic E-state index is 14.6. The fourth-order valence-electron chi connectivity index (χ4n) is 5.85. The molecular weight excluding hydrogens is 829 g/mol. The van der Waals surface area contributed by atoms with Crippen LogP contribution in [-0.2, 0) is 18.4 Å². The van der Waals surface area contributed by atoms with Crippen LogP contribution < -0.4 is 18.9 Å². The van der Waals surface area contributed by atoms with Crippen molar-refractivity contribution < 1.29 is 84.8 Å². The zero-order valence-corrected chi connectivity index (χ0v) is 31.1. The maximum Gasteiger partial charge on any atom is 0.432 e. The van der Waals surface area contributed by atoms with E-state index in [1.54, 1.807) is 0 Å². The van der Waals surface area contributed by atoms with Gasteiger partial charge in [-0.05, 0) is 25.7 Å². The van der Waals surface area contributed by atoms with Crippen molar-refractivity contribution in [1.82, 2.24) is 0 Å². The van der Waals surface area contributed by atoms with Gasteiger partial charge in [0.05, 0.1) is 13.2 Å². The van der Waals surface area contributed by atoms with E-state index in [1.165, 1.54) is 0 Å². The Morgan fingerprint density at radius 3 is 1.07 bits per heavy atom. The molecule has 4 aromatic rings. The highest BCUT2D eigenvalue weighted by molar-refractivity contribution is 5.37. The molecule has 0 saturated heterocycles.